The maximum atomic E-state index is 11.5. The molecule has 1 unspecified atom stereocenters. The van der Waals surface area contributed by atoms with Crippen LogP contribution in [0.1, 0.15) is 32.4 Å². The average molecular weight is 224 g/mol. The smallest absolute Gasteiger partial charge is 0.237 e. The molecule has 0 saturated carbocycles. The summed E-state index contributed by atoms with van der Waals surface area (Å²) in [4.78, 5) is 11.5. The van der Waals surface area contributed by atoms with Crippen LogP contribution in [0.2, 0.25) is 0 Å². The number of carbonyl (C=O) groups is 1. The molecule has 90 valence electrons. The summed E-state index contributed by atoms with van der Waals surface area (Å²) in [7, 11) is 0. The molecule has 0 aliphatic heterocycles. The number of carbonyl (C=O) groups excluding carboxylic acids is 1. The number of hydrogen-bond donors (Lipinski definition) is 2. The van der Waals surface area contributed by atoms with Gasteiger partial charge in [0.05, 0.1) is 12.3 Å². The molecule has 1 heterocycles. The van der Waals surface area contributed by atoms with Crippen molar-refractivity contribution < 1.29 is 9.21 Å². The third-order valence-corrected chi connectivity index (χ3v) is 2.57. The summed E-state index contributed by atoms with van der Waals surface area (Å²) < 4.78 is 5.22. The molecule has 1 rings (SSSR count). The number of nitrogens with two attached hydrogens (primary N) is 1. The standard InChI is InChI=1S/C12H20N2O2/c1-3-11(13)12(15)14-9(2)6-7-10-5-4-8-16-10/h4-5,8-9,11H,3,6-7,13H2,1-2H3,(H,14,15)/t9?,11-/m0/s1. The van der Waals surface area contributed by atoms with Crippen molar-refractivity contribution in [3.8, 4) is 0 Å². The fourth-order valence-corrected chi connectivity index (χ4v) is 1.42. The van der Waals surface area contributed by atoms with Gasteiger partial charge < -0.3 is 15.5 Å². The van der Waals surface area contributed by atoms with Gasteiger partial charge in [-0.3, -0.25) is 4.79 Å². The summed E-state index contributed by atoms with van der Waals surface area (Å²) in [6.45, 7) is 3.88. The van der Waals surface area contributed by atoms with Crippen molar-refractivity contribution in [2.24, 2.45) is 5.73 Å². The van der Waals surface area contributed by atoms with Crippen molar-refractivity contribution in [2.75, 3.05) is 0 Å². The number of amides is 1. The molecule has 0 aliphatic rings. The van der Waals surface area contributed by atoms with Gasteiger partial charge >= 0.3 is 0 Å². The molecule has 0 saturated heterocycles. The summed E-state index contributed by atoms with van der Waals surface area (Å²) in [5, 5.41) is 2.89. The maximum absolute atomic E-state index is 11.5. The minimum atomic E-state index is -0.397. The van der Waals surface area contributed by atoms with E-state index in [-0.39, 0.29) is 11.9 Å². The Morgan fingerprint density at radius 1 is 1.62 bits per heavy atom. The van der Waals surface area contributed by atoms with Crippen LogP contribution in [0, 0.1) is 0 Å². The number of aryl methyl sites for hydroxylation is 1. The molecule has 0 fully saturated rings. The highest BCUT2D eigenvalue weighted by molar-refractivity contribution is 5.81. The molecule has 0 aromatic carbocycles. The van der Waals surface area contributed by atoms with E-state index in [4.69, 9.17) is 10.2 Å². The van der Waals surface area contributed by atoms with Crippen LogP contribution in [-0.2, 0) is 11.2 Å². The maximum Gasteiger partial charge on any atom is 0.237 e. The average Bonchev–Trinajstić information content (AvgIpc) is 2.78. The van der Waals surface area contributed by atoms with Gasteiger partial charge in [0.2, 0.25) is 5.91 Å². The zero-order valence-corrected chi connectivity index (χ0v) is 9.90. The lowest BCUT2D eigenvalue weighted by molar-refractivity contribution is -0.123. The highest BCUT2D eigenvalue weighted by Crippen LogP contribution is 2.05. The summed E-state index contributed by atoms with van der Waals surface area (Å²) >= 11 is 0. The van der Waals surface area contributed by atoms with E-state index in [2.05, 4.69) is 5.32 Å². The Morgan fingerprint density at radius 2 is 2.38 bits per heavy atom. The zero-order chi connectivity index (χ0) is 12.0. The Kier molecular flexibility index (Phi) is 5.05. The van der Waals surface area contributed by atoms with Gasteiger partial charge in [0.15, 0.2) is 0 Å². The Hall–Kier alpha value is -1.29. The van der Waals surface area contributed by atoms with E-state index in [9.17, 15) is 4.79 Å². The molecule has 0 aliphatic carbocycles. The second-order valence-electron chi connectivity index (χ2n) is 4.04. The molecule has 3 N–H and O–H groups in total. The SMILES string of the molecule is CC[C@H](N)C(=O)NC(C)CCc1ccco1. The highest BCUT2D eigenvalue weighted by Gasteiger charge is 2.13. The molecule has 0 spiro atoms. The van der Waals surface area contributed by atoms with Gasteiger partial charge in [-0.2, -0.15) is 0 Å². The Bertz CT molecular complexity index is 309. The lowest BCUT2D eigenvalue weighted by Gasteiger charge is -2.16. The molecular weight excluding hydrogens is 204 g/mol. The third-order valence-electron chi connectivity index (χ3n) is 2.57. The lowest BCUT2D eigenvalue weighted by atomic mass is 10.1. The number of nitrogens with one attached hydrogen (secondary N) is 1. The number of furan rings is 1. The van der Waals surface area contributed by atoms with Crippen LogP contribution in [-0.4, -0.2) is 18.0 Å². The van der Waals surface area contributed by atoms with Gasteiger partial charge in [-0.15, -0.1) is 0 Å². The monoisotopic (exact) mass is 224 g/mol. The highest BCUT2D eigenvalue weighted by atomic mass is 16.3. The molecule has 1 amide bonds. The van der Waals surface area contributed by atoms with Crippen LogP contribution < -0.4 is 11.1 Å². The second kappa shape index (κ2) is 6.33. The van der Waals surface area contributed by atoms with Crippen molar-refractivity contribution in [1.29, 1.82) is 0 Å². The summed E-state index contributed by atoms with van der Waals surface area (Å²) in [6, 6.07) is 3.53. The van der Waals surface area contributed by atoms with E-state index in [1.54, 1.807) is 6.26 Å². The first-order valence-corrected chi connectivity index (χ1v) is 5.71. The van der Waals surface area contributed by atoms with Crippen LogP contribution in [0.5, 0.6) is 0 Å². The predicted octanol–water partition coefficient (Wildman–Crippen LogP) is 1.45. The van der Waals surface area contributed by atoms with E-state index in [1.807, 2.05) is 26.0 Å². The Morgan fingerprint density at radius 3 is 2.94 bits per heavy atom. The van der Waals surface area contributed by atoms with Gasteiger partial charge in [0, 0.05) is 12.5 Å². The first-order chi connectivity index (χ1) is 7.63. The minimum Gasteiger partial charge on any atom is -0.469 e. The minimum absolute atomic E-state index is 0.0746. The Labute approximate surface area is 96.2 Å². The van der Waals surface area contributed by atoms with Gasteiger partial charge in [0.25, 0.3) is 0 Å². The van der Waals surface area contributed by atoms with E-state index in [0.717, 1.165) is 18.6 Å². The summed E-state index contributed by atoms with van der Waals surface area (Å²) in [6.07, 6.45) is 4.01. The van der Waals surface area contributed by atoms with Crippen LogP contribution >= 0.6 is 0 Å². The molecular formula is C12H20N2O2. The second-order valence-corrected chi connectivity index (χ2v) is 4.04. The van der Waals surface area contributed by atoms with Gasteiger partial charge in [0.1, 0.15) is 5.76 Å². The van der Waals surface area contributed by atoms with Gasteiger partial charge in [-0.1, -0.05) is 6.92 Å². The normalized spacial score (nSPS) is 14.4. The molecule has 16 heavy (non-hydrogen) atoms. The van der Waals surface area contributed by atoms with Crippen LogP contribution in [0.4, 0.5) is 0 Å². The topological polar surface area (TPSA) is 68.3 Å². The van der Waals surface area contributed by atoms with Crippen molar-refractivity contribution in [1.82, 2.24) is 5.32 Å². The third kappa shape index (κ3) is 4.06. The van der Waals surface area contributed by atoms with Gasteiger partial charge in [-0.05, 0) is 31.9 Å². The number of rotatable bonds is 6. The fraction of sp³-hybridized carbons (Fsp3) is 0.583. The van der Waals surface area contributed by atoms with Crippen molar-refractivity contribution in [3.05, 3.63) is 24.2 Å². The predicted molar refractivity (Wildman–Crippen MR) is 62.9 cm³/mol. The lowest BCUT2D eigenvalue weighted by Crippen LogP contribution is -2.44. The van der Waals surface area contributed by atoms with E-state index >= 15 is 0 Å². The van der Waals surface area contributed by atoms with E-state index in [1.165, 1.54) is 0 Å². The van der Waals surface area contributed by atoms with E-state index < -0.39 is 6.04 Å². The zero-order valence-electron chi connectivity index (χ0n) is 9.90. The first kappa shape index (κ1) is 12.8. The van der Waals surface area contributed by atoms with Crippen LogP contribution in [0.3, 0.4) is 0 Å². The van der Waals surface area contributed by atoms with Crippen molar-refractivity contribution >= 4 is 5.91 Å². The molecule has 1 aromatic rings. The van der Waals surface area contributed by atoms with Crippen LogP contribution in [0.15, 0.2) is 22.8 Å². The first-order valence-electron chi connectivity index (χ1n) is 5.71. The Balaban J connectivity index is 2.25. The largest absolute Gasteiger partial charge is 0.469 e. The van der Waals surface area contributed by atoms with Gasteiger partial charge in [-0.25, -0.2) is 0 Å². The van der Waals surface area contributed by atoms with Crippen molar-refractivity contribution in [2.45, 2.75) is 45.2 Å². The molecule has 4 heteroatoms. The quantitative estimate of drug-likeness (QED) is 0.768. The molecule has 2 atom stereocenters. The summed E-state index contributed by atoms with van der Waals surface area (Å²) in [5.41, 5.74) is 5.62. The molecule has 4 nitrogen and oxygen atoms in total. The fourth-order valence-electron chi connectivity index (χ4n) is 1.42. The van der Waals surface area contributed by atoms with E-state index in [0.29, 0.717) is 6.42 Å². The van der Waals surface area contributed by atoms with Crippen molar-refractivity contribution in [3.63, 3.8) is 0 Å². The molecule has 0 bridgehead atoms. The number of hydrogen-bond acceptors (Lipinski definition) is 3. The molecule has 0 radical (unpaired) electrons. The van der Waals surface area contributed by atoms with Crippen LogP contribution in [0.25, 0.3) is 0 Å². The summed E-state index contributed by atoms with van der Waals surface area (Å²) in [5.74, 6) is 0.871. The molecule has 1 aromatic heterocycles.